The SMILES string of the molecule is CCOC(=O)c1ccc(N=[N+]=[N-])c(C)c1F. The number of benzene rings is 1. The Labute approximate surface area is 91.5 Å². The summed E-state index contributed by atoms with van der Waals surface area (Å²) in [5, 5.41) is 3.30. The molecule has 0 atom stereocenters. The van der Waals surface area contributed by atoms with Crippen LogP contribution in [0.5, 0.6) is 0 Å². The first kappa shape index (κ1) is 12.0. The summed E-state index contributed by atoms with van der Waals surface area (Å²) >= 11 is 0. The topological polar surface area (TPSA) is 75.1 Å². The molecule has 0 unspecified atom stereocenters. The van der Waals surface area contributed by atoms with E-state index in [1.807, 2.05) is 0 Å². The van der Waals surface area contributed by atoms with Crippen LogP contribution in [0.4, 0.5) is 10.1 Å². The van der Waals surface area contributed by atoms with E-state index < -0.39 is 11.8 Å². The van der Waals surface area contributed by atoms with Crippen molar-refractivity contribution in [2.45, 2.75) is 13.8 Å². The van der Waals surface area contributed by atoms with E-state index in [1.165, 1.54) is 19.1 Å². The van der Waals surface area contributed by atoms with Crippen molar-refractivity contribution in [2.24, 2.45) is 5.11 Å². The first-order valence-corrected chi connectivity index (χ1v) is 4.63. The Balaban J connectivity index is 3.21. The third-order valence-electron chi connectivity index (χ3n) is 2.01. The van der Waals surface area contributed by atoms with Crippen molar-refractivity contribution in [3.8, 4) is 0 Å². The van der Waals surface area contributed by atoms with Crippen LogP contribution in [-0.4, -0.2) is 12.6 Å². The van der Waals surface area contributed by atoms with Gasteiger partial charge in [0.15, 0.2) is 0 Å². The van der Waals surface area contributed by atoms with Gasteiger partial charge in [0.05, 0.1) is 12.2 Å². The van der Waals surface area contributed by atoms with Crippen molar-refractivity contribution in [3.63, 3.8) is 0 Å². The van der Waals surface area contributed by atoms with Gasteiger partial charge < -0.3 is 4.74 Å². The minimum absolute atomic E-state index is 0.128. The summed E-state index contributed by atoms with van der Waals surface area (Å²) in [6, 6.07) is 2.62. The average molecular weight is 223 g/mol. The van der Waals surface area contributed by atoms with Crippen molar-refractivity contribution >= 4 is 11.7 Å². The molecule has 0 fully saturated rings. The van der Waals surface area contributed by atoms with Gasteiger partial charge in [0, 0.05) is 10.6 Å². The fourth-order valence-corrected chi connectivity index (χ4v) is 1.20. The highest BCUT2D eigenvalue weighted by atomic mass is 19.1. The molecule has 0 aromatic heterocycles. The third kappa shape index (κ3) is 2.29. The highest BCUT2D eigenvalue weighted by Crippen LogP contribution is 2.24. The second-order valence-corrected chi connectivity index (χ2v) is 2.98. The Morgan fingerprint density at radius 2 is 2.31 bits per heavy atom. The molecule has 0 spiro atoms. The fourth-order valence-electron chi connectivity index (χ4n) is 1.20. The minimum atomic E-state index is -0.726. The Hall–Kier alpha value is -2.07. The number of azide groups is 1. The molecule has 0 amide bonds. The molecule has 0 saturated heterocycles. The maximum atomic E-state index is 13.7. The normalized spacial score (nSPS) is 9.44. The van der Waals surface area contributed by atoms with E-state index >= 15 is 0 Å². The summed E-state index contributed by atoms with van der Waals surface area (Å²) in [6.45, 7) is 3.24. The number of rotatable bonds is 3. The van der Waals surface area contributed by atoms with Crippen LogP contribution < -0.4 is 0 Å². The number of halogens is 1. The van der Waals surface area contributed by atoms with Crippen LogP contribution in [0.1, 0.15) is 22.8 Å². The van der Waals surface area contributed by atoms with Gasteiger partial charge in [-0.15, -0.1) is 0 Å². The van der Waals surface area contributed by atoms with Gasteiger partial charge >= 0.3 is 5.97 Å². The smallest absolute Gasteiger partial charge is 0.341 e. The van der Waals surface area contributed by atoms with E-state index in [4.69, 9.17) is 5.53 Å². The van der Waals surface area contributed by atoms with Crippen molar-refractivity contribution in [1.29, 1.82) is 0 Å². The lowest BCUT2D eigenvalue weighted by atomic mass is 10.1. The van der Waals surface area contributed by atoms with Gasteiger partial charge in [-0.25, -0.2) is 9.18 Å². The quantitative estimate of drug-likeness (QED) is 0.341. The van der Waals surface area contributed by atoms with Gasteiger partial charge in [-0.2, -0.15) is 0 Å². The molecule has 1 aromatic carbocycles. The highest BCUT2D eigenvalue weighted by Gasteiger charge is 2.16. The molecule has 0 heterocycles. The van der Waals surface area contributed by atoms with Gasteiger partial charge in [-0.3, -0.25) is 0 Å². The van der Waals surface area contributed by atoms with Crippen LogP contribution in [-0.2, 0) is 4.74 Å². The van der Waals surface area contributed by atoms with Crippen LogP contribution in [0.3, 0.4) is 0 Å². The Morgan fingerprint density at radius 3 is 2.88 bits per heavy atom. The lowest BCUT2D eigenvalue weighted by molar-refractivity contribution is 0.0521. The summed E-state index contributed by atoms with van der Waals surface area (Å²) in [6.07, 6.45) is 0. The number of carbonyl (C=O) groups is 1. The fraction of sp³-hybridized carbons (Fsp3) is 0.300. The second kappa shape index (κ2) is 5.14. The molecule has 84 valence electrons. The first-order valence-electron chi connectivity index (χ1n) is 4.63. The second-order valence-electron chi connectivity index (χ2n) is 2.98. The van der Waals surface area contributed by atoms with Crippen molar-refractivity contribution in [1.82, 2.24) is 0 Å². The molecule has 0 aliphatic heterocycles. The number of ether oxygens (including phenoxy) is 1. The Morgan fingerprint density at radius 1 is 1.62 bits per heavy atom. The summed E-state index contributed by atoms with van der Waals surface area (Å²) in [5.74, 6) is -1.45. The van der Waals surface area contributed by atoms with Crippen molar-refractivity contribution in [3.05, 3.63) is 39.5 Å². The predicted molar refractivity (Wildman–Crippen MR) is 55.9 cm³/mol. The number of hydrogen-bond donors (Lipinski definition) is 0. The molecule has 1 rings (SSSR count). The lowest BCUT2D eigenvalue weighted by Crippen LogP contribution is -2.08. The van der Waals surface area contributed by atoms with Crippen LogP contribution in [0.2, 0.25) is 0 Å². The molecule has 0 N–H and O–H groups in total. The summed E-state index contributed by atoms with van der Waals surface area (Å²) < 4.78 is 18.4. The monoisotopic (exact) mass is 223 g/mol. The zero-order valence-electron chi connectivity index (χ0n) is 8.90. The molecule has 0 bridgehead atoms. The number of esters is 1. The number of hydrogen-bond acceptors (Lipinski definition) is 3. The number of carbonyl (C=O) groups excluding carboxylic acids is 1. The van der Waals surface area contributed by atoms with Gasteiger partial charge in [0.25, 0.3) is 0 Å². The zero-order chi connectivity index (χ0) is 12.1. The van der Waals surface area contributed by atoms with Crippen LogP contribution in [0.15, 0.2) is 17.2 Å². The zero-order valence-corrected chi connectivity index (χ0v) is 8.90. The molecule has 0 saturated carbocycles. The first-order chi connectivity index (χ1) is 7.61. The molecule has 0 radical (unpaired) electrons. The van der Waals surface area contributed by atoms with Crippen LogP contribution in [0, 0.1) is 12.7 Å². The van der Waals surface area contributed by atoms with E-state index in [0.717, 1.165) is 0 Å². The van der Waals surface area contributed by atoms with Crippen molar-refractivity contribution < 1.29 is 13.9 Å². The maximum Gasteiger partial charge on any atom is 0.341 e. The third-order valence-corrected chi connectivity index (χ3v) is 2.01. The van der Waals surface area contributed by atoms with Crippen LogP contribution >= 0.6 is 0 Å². The number of nitrogens with zero attached hydrogens (tertiary/aromatic N) is 3. The predicted octanol–water partition coefficient (Wildman–Crippen LogP) is 3.25. The molecule has 16 heavy (non-hydrogen) atoms. The van der Waals surface area contributed by atoms with Gasteiger partial charge in [0.1, 0.15) is 5.82 Å². The lowest BCUT2D eigenvalue weighted by Gasteiger charge is -2.06. The summed E-state index contributed by atoms with van der Waals surface area (Å²) in [4.78, 5) is 13.9. The molecule has 6 heteroatoms. The van der Waals surface area contributed by atoms with E-state index in [9.17, 15) is 9.18 Å². The molecular formula is C10H10FN3O2. The molecular weight excluding hydrogens is 213 g/mol. The highest BCUT2D eigenvalue weighted by molar-refractivity contribution is 5.90. The van der Waals surface area contributed by atoms with Gasteiger partial charge in [0.2, 0.25) is 0 Å². The van der Waals surface area contributed by atoms with Crippen molar-refractivity contribution in [2.75, 3.05) is 6.61 Å². The van der Waals surface area contributed by atoms with E-state index in [1.54, 1.807) is 6.92 Å². The van der Waals surface area contributed by atoms with E-state index in [0.29, 0.717) is 0 Å². The molecule has 5 nitrogen and oxygen atoms in total. The standard InChI is InChI=1S/C10H10FN3O2/c1-3-16-10(15)7-4-5-8(13-14-12)6(2)9(7)11/h4-5H,3H2,1-2H3. The van der Waals surface area contributed by atoms with E-state index in [-0.39, 0.29) is 23.4 Å². The average Bonchev–Trinajstić information content (AvgIpc) is 2.25. The maximum absolute atomic E-state index is 13.7. The van der Waals surface area contributed by atoms with E-state index in [2.05, 4.69) is 14.8 Å². The Kier molecular flexibility index (Phi) is 3.85. The largest absolute Gasteiger partial charge is 0.462 e. The van der Waals surface area contributed by atoms with Gasteiger partial charge in [-0.1, -0.05) is 11.2 Å². The molecule has 0 aliphatic rings. The van der Waals surface area contributed by atoms with Crippen LogP contribution in [0.25, 0.3) is 10.4 Å². The van der Waals surface area contributed by atoms with Gasteiger partial charge in [-0.05, 0) is 31.0 Å². The summed E-state index contributed by atoms with van der Waals surface area (Å²) in [5.41, 5.74) is 8.37. The molecule has 1 aromatic rings. The molecule has 0 aliphatic carbocycles. The Bertz CT molecular complexity index is 467. The summed E-state index contributed by atoms with van der Waals surface area (Å²) in [7, 11) is 0. The minimum Gasteiger partial charge on any atom is -0.462 e.